The number of nitrogens with zero attached hydrogens (tertiary/aromatic N) is 2. The van der Waals surface area contributed by atoms with Crippen LogP contribution in [0.5, 0.6) is 0 Å². The summed E-state index contributed by atoms with van der Waals surface area (Å²) in [6, 6.07) is 6.78. The minimum Gasteiger partial charge on any atom is -0.221 e. The first-order valence-electron chi connectivity index (χ1n) is 5.59. The molecule has 0 atom stereocenters. The molecular weight excluding hydrogens is 291 g/mol. The first-order chi connectivity index (χ1) is 8.79. The highest BCUT2D eigenvalue weighted by molar-refractivity contribution is 8.13. The fourth-order valence-electron chi connectivity index (χ4n) is 1.60. The molecule has 1 aromatic heterocycles. The summed E-state index contributed by atoms with van der Waals surface area (Å²) in [7, 11) is 1.47. The Labute approximate surface area is 115 Å². The van der Waals surface area contributed by atoms with Gasteiger partial charge in [-0.05, 0) is 30.2 Å². The van der Waals surface area contributed by atoms with Gasteiger partial charge in [0.15, 0.2) is 5.03 Å². The lowest BCUT2D eigenvalue weighted by atomic mass is 10.1. The normalized spacial score (nSPS) is 12.1. The second-order valence-electron chi connectivity index (χ2n) is 4.39. The molecule has 0 amide bonds. The van der Waals surface area contributed by atoms with Crippen LogP contribution in [0.25, 0.3) is 5.69 Å². The molecule has 0 aliphatic rings. The van der Waals surface area contributed by atoms with Crippen molar-refractivity contribution in [3.8, 4) is 5.69 Å². The van der Waals surface area contributed by atoms with Crippen LogP contribution in [0.15, 0.2) is 35.4 Å². The smallest absolute Gasteiger partial charge is 0.221 e. The largest absolute Gasteiger partial charge is 0.278 e. The zero-order chi connectivity index (χ0) is 14.2. The third-order valence-electron chi connectivity index (χ3n) is 2.61. The van der Waals surface area contributed by atoms with Crippen LogP contribution in [0, 0.1) is 5.82 Å². The Morgan fingerprint density at radius 3 is 2.32 bits per heavy atom. The molecule has 102 valence electrons. The second-order valence-corrected chi connectivity index (χ2v) is 6.90. The van der Waals surface area contributed by atoms with Crippen molar-refractivity contribution in [2.45, 2.75) is 24.8 Å². The average Bonchev–Trinajstić information content (AvgIpc) is 2.74. The molecule has 7 heteroatoms. The molecule has 1 aromatic carbocycles. The van der Waals surface area contributed by atoms with Crippen molar-refractivity contribution < 1.29 is 12.8 Å². The molecule has 0 fully saturated rings. The predicted octanol–water partition coefficient (Wildman–Crippen LogP) is 3.06. The summed E-state index contributed by atoms with van der Waals surface area (Å²) in [6.45, 7) is 3.78. The van der Waals surface area contributed by atoms with Gasteiger partial charge < -0.3 is 0 Å². The zero-order valence-corrected chi connectivity index (χ0v) is 11.9. The first kappa shape index (κ1) is 14.0. The van der Waals surface area contributed by atoms with Crippen molar-refractivity contribution in [1.82, 2.24) is 9.78 Å². The Hall–Kier alpha value is -1.40. The predicted molar refractivity (Wildman–Crippen MR) is 70.6 cm³/mol. The fraction of sp³-hybridized carbons (Fsp3) is 0.250. The van der Waals surface area contributed by atoms with E-state index < -0.39 is 14.9 Å². The van der Waals surface area contributed by atoms with E-state index in [1.54, 1.807) is 0 Å². The van der Waals surface area contributed by atoms with Gasteiger partial charge in [-0.25, -0.2) is 17.5 Å². The van der Waals surface area contributed by atoms with E-state index in [-0.39, 0.29) is 10.9 Å². The van der Waals surface area contributed by atoms with Crippen LogP contribution in [-0.2, 0) is 9.05 Å². The molecule has 0 bridgehead atoms. The van der Waals surface area contributed by atoms with Gasteiger partial charge >= 0.3 is 0 Å². The van der Waals surface area contributed by atoms with E-state index >= 15 is 0 Å². The standard InChI is InChI=1S/C12H12ClFN2O2S/c1-8(2)11-7-12(19(13,17)18)16(15-11)10-5-3-9(14)4-6-10/h3-8H,1-2H3. The minimum absolute atomic E-state index is 0.0545. The molecule has 2 rings (SSSR count). The van der Waals surface area contributed by atoms with Crippen LogP contribution in [0.4, 0.5) is 4.39 Å². The van der Waals surface area contributed by atoms with Crippen molar-refractivity contribution in [1.29, 1.82) is 0 Å². The van der Waals surface area contributed by atoms with Gasteiger partial charge in [-0.1, -0.05) is 13.8 Å². The Morgan fingerprint density at radius 1 is 1.26 bits per heavy atom. The minimum atomic E-state index is -3.93. The van der Waals surface area contributed by atoms with Gasteiger partial charge in [0, 0.05) is 16.7 Å². The highest BCUT2D eigenvalue weighted by Crippen LogP contribution is 2.24. The van der Waals surface area contributed by atoms with Gasteiger partial charge in [0.05, 0.1) is 11.4 Å². The van der Waals surface area contributed by atoms with Gasteiger partial charge in [0.1, 0.15) is 5.82 Å². The topological polar surface area (TPSA) is 52.0 Å². The number of rotatable bonds is 3. The molecular formula is C12H12ClFN2O2S. The SMILES string of the molecule is CC(C)c1cc(S(=O)(=O)Cl)n(-c2ccc(F)cc2)n1. The van der Waals surface area contributed by atoms with E-state index in [1.807, 2.05) is 13.8 Å². The summed E-state index contributed by atoms with van der Waals surface area (Å²) in [4.78, 5) is 0. The number of aromatic nitrogens is 2. The maximum absolute atomic E-state index is 12.9. The highest BCUT2D eigenvalue weighted by Gasteiger charge is 2.21. The Kier molecular flexibility index (Phi) is 3.64. The Morgan fingerprint density at radius 2 is 1.84 bits per heavy atom. The van der Waals surface area contributed by atoms with Crippen molar-refractivity contribution in [2.75, 3.05) is 0 Å². The Balaban J connectivity index is 2.64. The van der Waals surface area contributed by atoms with E-state index in [4.69, 9.17) is 10.7 Å². The molecule has 0 saturated heterocycles. The van der Waals surface area contributed by atoms with E-state index in [1.165, 1.54) is 35.0 Å². The number of hydrogen-bond acceptors (Lipinski definition) is 3. The molecule has 0 unspecified atom stereocenters. The molecule has 0 aliphatic carbocycles. The lowest BCUT2D eigenvalue weighted by Gasteiger charge is -2.04. The Bertz CT molecular complexity index is 693. The van der Waals surface area contributed by atoms with E-state index in [2.05, 4.69) is 5.10 Å². The van der Waals surface area contributed by atoms with Gasteiger partial charge in [0.2, 0.25) is 0 Å². The van der Waals surface area contributed by atoms with E-state index in [0.29, 0.717) is 11.4 Å². The van der Waals surface area contributed by atoms with Crippen molar-refractivity contribution in [3.05, 3.63) is 41.8 Å². The first-order valence-corrected chi connectivity index (χ1v) is 7.90. The summed E-state index contributed by atoms with van der Waals surface area (Å²) < 4.78 is 37.2. The van der Waals surface area contributed by atoms with Gasteiger partial charge in [0.25, 0.3) is 9.05 Å². The lowest BCUT2D eigenvalue weighted by Crippen LogP contribution is -2.05. The van der Waals surface area contributed by atoms with Crippen LogP contribution in [0.2, 0.25) is 0 Å². The number of benzene rings is 1. The summed E-state index contributed by atoms with van der Waals surface area (Å²) in [5.74, 6) is -0.353. The maximum atomic E-state index is 12.9. The number of hydrogen-bond donors (Lipinski definition) is 0. The monoisotopic (exact) mass is 302 g/mol. The molecule has 0 spiro atoms. The summed E-state index contributed by atoms with van der Waals surface area (Å²) >= 11 is 0. The third kappa shape index (κ3) is 2.96. The molecule has 0 radical (unpaired) electrons. The molecule has 0 aliphatic heterocycles. The van der Waals surface area contributed by atoms with Crippen LogP contribution in [0.1, 0.15) is 25.5 Å². The van der Waals surface area contributed by atoms with Crippen LogP contribution in [0.3, 0.4) is 0 Å². The van der Waals surface area contributed by atoms with Crippen molar-refractivity contribution >= 4 is 19.7 Å². The average molecular weight is 303 g/mol. The summed E-state index contributed by atoms with van der Waals surface area (Å²) in [5, 5.41) is 4.09. The lowest BCUT2D eigenvalue weighted by molar-refractivity contribution is 0.599. The quantitative estimate of drug-likeness (QED) is 0.819. The third-order valence-corrected chi connectivity index (χ3v) is 3.87. The zero-order valence-electron chi connectivity index (χ0n) is 10.3. The molecule has 0 saturated carbocycles. The highest BCUT2D eigenvalue weighted by atomic mass is 35.7. The molecule has 4 nitrogen and oxygen atoms in total. The second kappa shape index (κ2) is 4.94. The van der Waals surface area contributed by atoms with Crippen LogP contribution >= 0.6 is 10.7 Å². The van der Waals surface area contributed by atoms with E-state index in [0.717, 1.165) is 0 Å². The molecule has 19 heavy (non-hydrogen) atoms. The van der Waals surface area contributed by atoms with E-state index in [9.17, 15) is 12.8 Å². The maximum Gasteiger partial charge on any atom is 0.278 e. The summed E-state index contributed by atoms with van der Waals surface area (Å²) in [5.41, 5.74) is 1.04. The van der Waals surface area contributed by atoms with Crippen molar-refractivity contribution in [2.24, 2.45) is 0 Å². The molecule has 1 heterocycles. The molecule has 2 aromatic rings. The van der Waals surface area contributed by atoms with Gasteiger partial charge in [-0.2, -0.15) is 5.10 Å². The van der Waals surface area contributed by atoms with Crippen LogP contribution in [-0.4, -0.2) is 18.2 Å². The summed E-state index contributed by atoms with van der Waals surface area (Å²) in [6.07, 6.45) is 0. The van der Waals surface area contributed by atoms with Crippen LogP contribution < -0.4 is 0 Å². The number of halogens is 2. The fourth-order valence-corrected chi connectivity index (χ4v) is 2.55. The molecule has 0 N–H and O–H groups in total. The van der Waals surface area contributed by atoms with Gasteiger partial charge in [-0.15, -0.1) is 0 Å². The van der Waals surface area contributed by atoms with Gasteiger partial charge in [-0.3, -0.25) is 0 Å². The van der Waals surface area contributed by atoms with Crippen molar-refractivity contribution in [3.63, 3.8) is 0 Å².